The van der Waals surface area contributed by atoms with E-state index in [9.17, 15) is 0 Å². The molecule has 0 bridgehead atoms. The maximum atomic E-state index is 5.13. The summed E-state index contributed by atoms with van der Waals surface area (Å²) in [5, 5.41) is 6.48. The third-order valence-corrected chi connectivity index (χ3v) is 2.11. The zero-order valence-corrected chi connectivity index (χ0v) is 10.9. The summed E-state index contributed by atoms with van der Waals surface area (Å²) in [6, 6.07) is 1.79. The minimum Gasteiger partial charge on any atom is -0.481 e. The summed E-state index contributed by atoms with van der Waals surface area (Å²) in [6.45, 7) is 2.55. The normalized spacial score (nSPS) is 11.7. The first-order chi connectivity index (χ1) is 8.15. The second-order valence-corrected chi connectivity index (χ2v) is 3.81. The fourth-order valence-corrected chi connectivity index (χ4v) is 1.49. The number of nitrogens with zero attached hydrogens (tertiary/aromatic N) is 2. The fraction of sp³-hybridized carbons (Fsp3) is 0.500. The molecule has 1 aromatic heterocycles. The van der Waals surface area contributed by atoms with Gasteiger partial charge in [-0.3, -0.25) is 0 Å². The van der Waals surface area contributed by atoms with Gasteiger partial charge in [0.2, 0.25) is 5.88 Å². The highest BCUT2D eigenvalue weighted by molar-refractivity contribution is 7.80. The zero-order chi connectivity index (χ0) is 12.7. The first-order valence-corrected chi connectivity index (χ1v) is 5.49. The maximum Gasteiger partial charge on any atom is 0.218 e. The van der Waals surface area contributed by atoms with E-state index in [-0.39, 0.29) is 6.04 Å². The average molecular weight is 256 g/mol. The molecule has 1 rings (SSSR count). The molecule has 17 heavy (non-hydrogen) atoms. The Labute approximate surface area is 106 Å². The van der Waals surface area contributed by atoms with Crippen LogP contribution in [0.2, 0.25) is 0 Å². The van der Waals surface area contributed by atoms with Crippen LogP contribution in [-0.4, -0.2) is 41.9 Å². The van der Waals surface area contributed by atoms with Crippen molar-refractivity contribution in [1.29, 1.82) is 0 Å². The zero-order valence-electron chi connectivity index (χ0n) is 10.1. The Kier molecular flexibility index (Phi) is 5.58. The van der Waals surface area contributed by atoms with Crippen LogP contribution in [0.1, 0.15) is 6.92 Å². The van der Waals surface area contributed by atoms with Gasteiger partial charge in [0.1, 0.15) is 12.1 Å². The molecule has 0 aromatic carbocycles. The Bertz CT molecular complexity index is 375. The molecule has 0 fully saturated rings. The molecular weight excluding hydrogens is 240 g/mol. The largest absolute Gasteiger partial charge is 0.481 e. The van der Waals surface area contributed by atoms with Crippen molar-refractivity contribution in [2.24, 2.45) is 0 Å². The van der Waals surface area contributed by atoms with Crippen LogP contribution in [0.3, 0.4) is 0 Å². The molecule has 0 saturated heterocycles. The van der Waals surface area contributed by atoms with Crippen LogP contribution in [0, 0.1) is 0 Å². The summed E-state index contributed by atoms with van der Waals surface area (Å²) in [7, 11) is 3.19. The Hall–Kier alpha value is -1.47. The molecule has 0 aliphatic carbocycles. The van der Waals surface area contributed by atoms with Crippen LogP contribution < -0.4 is 15.4 Å². The number of anilines is 1. The number of ether oxygens (including phenoxy) is 2. The standard InChI is InChI=1S/C10H16N4O2S/c1-7(5-15-2)13-10(17)14-8-4-9(16-3)12-6-11-8/h4,6-7H,5H2,1-3H3,(H2,11,12,13,14,17)/t7-/m0/s1. The van der Waals surface area contributed by atoms with Gasteiger partial charge in [-0.2, -0.15) is 0 Å². The lowest BCUT2D eigenvalue weighted by Gasteiger charge is -2.15. The number of aromatic nitrogens is 2. The van der Waals surface area contributed by atoms with Crippen molar-refractivity contribution in [3.8, 4) is 5.88 Å². The predicted octanol–water partition coefficient (Wildman–Crippen LogP) is 0.806. The van der Waals surface area contributed by atoms with Crippen molar-refractivity contribution in [2.45, 2.75) is 13.0 Å². The minimum atomic E-state index is 0.128. The van der Waals surface area contributed by atoms with Crippen LogP contribution in [0.25, 0.3) is 0 Å². The molecule has 1 aromatic rings. The van der Waals surface area contributed by atoms with E-state index >= 15 is 0 Å². The lowest BCUT2D eigenvalue weighted by atomic mass is 10.4. The maximum absolute atomic E-state index is 5.13. The van der Waals surface area contributed by atoms with Crippen molar-refractivity contribution in [3.05, 3.63) is 12.4 Å². The van der Waals surface area contributed by atoms with Crippen LogP contribution in [0.4, 0.5) is 5.82 Å². The van der Waals surface area contributed by atoms with Gasteiger partial charge < -0.3 is 20.1 Å². The van der Waals surface area contributed by atoms with Gasteiger partial charge in [0, 0.05) is 19.2 Å². The van der Waals surface area contributed by atoms with Gasteiger partial charge >= 0.3 is 0 Å². The molecule has 0 saturated carbocycles. The van der Waals surface area contributed by atoms with Crippen molar-refractivity contribution >= 4 is 23.1 Å². The Balaban J connectivity index is 2.49. The Morgan fingerprint density at radius 2 is 2.24 bits per heavy atom. The minimum absolute atomic E-state index is 0.128. The number of thiocarbonyl (C=S) groups is 1. The molecule has 0 radical (unpaired) electrons. The number of hydrogen-bond donors (Lipinski definition) is 2. The monoisotopic (exact) mass is 256 g/mol. The summed E-state index contributed by atoms with van der Waals surface area (Å²) < 4.78 is 9.98. The van der Waals surface area contributed by atoms with Crippen molar-refractivity contribution in [2.75, 3.05) is 26.1 Å². The number of nitrogens with one attached hydrogen (secondary N) is 2. The Morgan fingerprint density at radius 3 is 2.88 bits per heavy atom. The number of hydrogen-bond acceptors (Lipinski definition) is 5. The number of methoxy groups -OCH3 is 2. The van der Waals surface area contributed by atoms with E-state index in [4.69, 9.17) is 21.7 Å². The molecule has 0 unspecified atom stereocenters. The van der Waals surface area contributed by atoms with E-state index in [1.165, 1.54) is 6.33 Å². The van der Waals surface area contributed by atoms with Gasteiger partial charge in [-0.25, -0.2) is 9.97 Å². The first kappa shape index (κ1) is 13.6. The summed E-state index contributed by atoms with van der Waals surface area (Å²) >= 11 is 5.13. The molecule has 1 atom stereocenters. The van der Waals surface area contributed by atoms with Gasteiger partial charge in [0.05, 0.1) is 13.7 Å². The van der Waals surface area contributed by atoms with Gasteiger partial charge in [-0.05, 0) is 19.1 Å². The van der Waals surface area contributed by atoms with E-state index in [0.29, 0.717) is 23.4 Å². The van der Waals surface area contributed by atoms with Gasteiger partial charge in [0.15, 0.2) is 5.11 Å². The molecular formula is C10H16N4O2S. The van der Waals surface area contributed by atoms with Crippen molar-refractivity contribution < 1.29 is 9.47 Å². The molecule has 1 heterocycles. The van der Waals surface area contributed by atoms with Crippen LogP contribution in [0.5, 0.6) is 5.88 Å². The molecule has 0 aliphatic heterocycles. The van der Waals surface area contributed by atoms with Crippen LogP contribution in [0.15, 0.2) is 12.4 Å². The van der Waals surface area contributed by atoms with Crippen LogP contribution in [-0.2, 0) is 4.74 Å². The highest BCUT2D eigenvalue weighted by Crippen LogP contribution is 2.09. The van der Waals surface area contributed by atoms with E-state index < -0.39 is 0 Å². The molecule has 6 nitrogen and oxygen atoms in total. The highest BCUT2D eigenvalue weighted by atomic mass is 32.1. The first-order valence-electron chi connectivity index (χ1n) is 5.08. The van der Waals surface area contributed by atoms with Crippen molar-refractivity contribution in [1.82, 2.24) is 15.3 Å². The molecule has 0 amide bonds. The summed E-state index contributed by atoms with van der Waals surface area (Å²) in [5.41, 5.74) is 0. The predicted molar refractivity (Wildman–Crippen MR) is 69.3 cm³/mol. The molecule has 2 N–H and O–H groups in total. The van der Waals surface area contributed by atoms with E-state index in [1.54, 1.807) is 20.3 Å². The second-order valence-electron chi connectivity index (χ2n) is 3.40. The average Bonchev–Trinajstić information content (AvgIpc) is 2.29. The SMILES string of the molecule is COC[C@H](C)NC(=S)Nc1cc(OC)ncn1. The summed E-state index contributed by atoms with van der Waals surface area (Å²) in [6.07, 6.45) is 1.41. The smallest absolute Gasteiger partial charge is 0.218 e. The summed E-state index contributed by atoms with van der Waals surface area (Å²) in [5.74, 6) is 1.06. The van der Waals surface area contributed by atoms with Gasteiger partial charge in [0.25, 0.3) is 0 Å². The lowest BCUT2D eigenvalue weighted by Crippen LogP contribution is -2.38. The van der Waals surface area contributed by atoms with E-state index in [0.717, 1.165) is 0 Å². The van der Waals surface area contributed by atoms with E-state index in [2.05, 4.69) is 20.6 Å². The topological polar surface area (TPSA) is 68.3 Å². The van der Waals surface area contributed by atoms with E-state index in [1.807, 2.05) is 6.92 Å². The van der Waals surface area contributed by atoms with Gasteiger partial charge in [-0.1, -0.05) is 0 Å². The quantitative estimate of drug-likeness (QED) is 0.755. The lowest BCUT2D eigenvalue weighted by molar-refractivity contribution is 0.179. The molecule has 94 valence electrons. The molecule has 0 spiro atoms. The van der Waals surface area contributed by atoms with Crippen molar-refractivity contribution in [3.63, 3.8) is 0 Å². The van der Waals surface area contributed by atoms with Crippen LogP contribution >= 0.6 is 12.2 Å². The fourth-order valence-electron chi connectivity index (χ4n) is 1.19. The second kappa shape index (κ2) is 6.97. The molecule has 7 heteroatoms. The molecule has 0 aliphatic rings. The highest BCUT2D eigenvalue weighted by Gasteiger charge is 2.05. The summed E-state index contributed by atoms with van der Waals surface area (Å²) in [4.78, 5) is 7.92. The van der Waals surface area contributed by atoms with Gasteiger partial charge in [-0.15, -0.1) is 0 Å². The Morgan fingerprint density at radius 1 is 1.47 bits per heavy atom. The third-order valence-electron chi connectivity index (χ3n) is 1.89. The number of rotatable bonds is 5. The third kappa shape index (κ3) is 4.92.